The van der Waals surface area contributed by atoms with Crippen LogP contribution in [0.4, 0.5) is 17.3 Å². The van der Waals surface area contributed by atoms with Gasteiger partial charge in [-0.2, -0.15) is 0 Å². The number of nitrogens with one attached hydrogen (secondary N) is 3. The van der Waals surface area contributed by atoms with Crippen molar-refractivity contribution < 1.29 is 17.9 Å². The lowest BCUT2D eigenvalue weighted by Gasteiger charge is -2.11. The van der Waals surface area contributed by atoms with Gasteiger partial charge in [-0.05, 0) is 74.3 Å². The van der Waals surface area contributed by atoms with E-state index in [1.54, 1.807) is 31.5 Å². The molecule has 10 nitrogen and oxygen atoms in total. The molecule has 0 aliphatic carbocycles. The molecule has 0 saturated heterocycles. The van der Waals surface area contributed by atoms with Crippen molar-refractivity contribution in [2.75, 3.05) is 44.9 Å². The van der Waals surface area contributed by atoms with Crippen LogP contribution in [0.2, 0.25) is 0 Å². The number of methoxy groups -OCH3 is 1. The van der Waals surface area contributed by atoms with Crippen molar-refractivity contribution in [2.45, 2.75) is 11.3 Å². The molecule has 0 spiro atoms. The first kappa shape index (κ1) is 28.7. The van der Waals surface area contributed by atoms with Gasteiger partial charge in [0.1, 0.15) is 5.75 Å². The number of hydrogen-bond acceptors (Lipinski definition) is 8. The van der Waals surface area contributed by atoms with E-state index in [0.29, 0.717) is 36.1 Å². The Morgan fingerprint density at radius 2 is 1.57 bits per heavy atom. The predicted octanol–water partition coefficient (Wildman–Crippen LogP) is 3.92. The Hall–Kier alpha value is -4.32. The molecule has 0 aliphatic heterocycles. The number of likely N-dealkylation sites (N-methyl/N-ethyl adjacent to an activating group) is 1. The molecule has 1 amide bonds. The van der Waals surface area contributed by atoms with E-state index in [2.05, 4.69) is 25.3 Å². The van der Waals surface area contributed by atoms with Crippen molar-refractivity contribution >= 4 is 33.3 Å². The van der Waals surface area contributed by atoms with Crippen LogP contribution in [0.15, 0.2) is 90.0 Å². The van der Waals surface area contributed by atoms with E-state index in [4.69, 9.17) is 4.74 Å². The fraction of sp³-hybridized carbons (Fsp3) is 0.207. The van der Waals surface area contributed by atoms with Crippen LogP contribution in [-0.2, 0) is 21.2 Å². The minimum atomic E-state index is -3.58. The summed E-state index contributed by atoms with van der Waals surface area (Å²) in [5.41, 5.74) is 3.77. The van der Waals surface area contributed by atoms with Crippen LogP contribution < -0.4 is 20.1 Å². The molecular formula is C29H32N6O4S. The SMILES string of the molecule is COc1ccc(CC(=O)Nc2ccc(-c3ccnc(Nc4ccc(S(=O)(=O)NCCN(C)C)cc4)n3)cc2)cc1. The average molecular weight is 561 g/mol. The summed E-state index contributed by atoms with van der Waals surface area (Å²) in [5, 5.41) is 6.02. The average Bonchev–Trinajstić information content (AvgIpc) is 2.94. The molecule has 1 aromatic heterocycles. The van der Waals surface area contributed by atoms with Crippen molar-refractivity contribution in [3.8, 4) is 17.0 Å². The maximum absolute atomic E-state index is 12.5. The van der Waals surface area contributed by atoms with Crippen molar-refractivity contribution in [1.29, 1.82) is 0 Å². The van der Waals surface area contributed by atoms with Gasteiger partial charge in [0, 0.05) is 36.2 Å². The van der Waals surface area contributed by atoms with Crippen LogP contribution in [0.3, 0.4) is 0 Å². The van der Waals surface area contributed by atoms with Gasteiger partial charge in [0.2, 0.25) is 21.9 Å². The Bertz CT molecular complexity index is 1520. The molecule has 0 aliphatic rings. The smallest absolute Gasteiger partial charge is 0.240 e. The minimum Gasteiger partial charge on any atom is -0.497 e. The van der Waals surface area contributed by atoms with E-state index in [1.165, 1.54) is 12.1 Å². The largest absolute Gasteiger partial charge is 0.497 e. The van der Waals surface area contributed by atoms with Crippen LogP contribution in [0.1, 0.15) is 5.56 Å². The maximum Gasteiger partial charge on any atom is 0.240 e. The van der Waals surface area contributed by atoms with Gasteiger partial charge in [0.25, 0.3) is 0 Å². The number of sulfonamides is 1. The number of amides is 1. The predicted molar refractivity (Wildman–Crippen MR) is 156 cm³/mol. The molecule has 0 fully saturated rings. The molecule has 3 aromatic carbocycles. The summed E-state index contributed by atoms with van der Waals surface area (Å²) in [6.45, 7) is 0.932. The number of carbonyl (C=O) groups is 1. The molecular weight excluding hydrogens is 528 g/mol. The van der Waals surface area contributed by atoms with E-state index in [-0.39, 0.29) is 17.2 Å². The van der Waals surface area contributed by atoms with Crippen LogP contribution >= 0.6 is 0 Å². The van der Waals surface area contributed by atoms with Crippen LogP contribution in [0, 0.1) is 0 Å². The molecule has 0 radical (unpaired) electrons. The highest BCUT2D eigenvalue weighted by atomic mass is 32.2. The van der Waals surface area contributed by atoms with Gasteiger partial charge in [0.05, 0.1) is 24.1 Å². The van der Waals surface area contributed by atoms with Crippen LogP contribution in [-0.4, -0.2) is 63.5 Å². The molecule has 4 rings (SSSR count). The number of benzene rings is 3. The van der Waals surface area contributed by atoms with Gasteiger partial charge >= 0.3 is 0 Å². The van der Waals surface area contributed by atoms with Crippen LogP contribution in [0.5, 0.6) is 5.75 Å². The summed E-state index contributed by atoms with van der Waals surface area (Å²) in [5.74, 6) is 0.999. The van der Waals surface area contributed by atoms with Crippen LogP contribution in [0.25, 0.3) is 11.3 Å². The second-order valence-electron chi connectivity index (χ2n) is 9.27. The monoisotopic (exact) mass is 560 g/mol. The number of anilines is 3. The fourth-order valence-electron chi connectivity index (χ4n) is 3.77. The molecule has 4 aromatic rings. The molecule has 40 heavy (non-hydrogen) atoms. The van der Waals surface area contributed by atoms with E-state index in [9.17, 15) is 13.2 Å². The highest BCUT2D eigenvalue weighted by Gasteiger charge is 2.13. The van der Waals surface area contributed by atoms with Gasteiger partial charge in [-0.25, -0.2) is 23.1 Å². The fourth-order valence-corrected chi connectivity index (χ4v) is 4.79. The Kier molecular flexibility index (Phi) is 9.43. The van der Waals surface area contributed by atoms with Gasteiger partial charge in [-0.1, -0.05) is 24.3 Å². The lowest BCUT2D eigenvalue weighted by Crippen LogP contribution is -2.31. The number of hydrogen-bond donors (Lipinski definition) is 3. The standard InChI is InChI=1S/C29H32N6O4S/c1-35(2)19-18-31-40(37,38)26-14-10-24(11-15-26)33-29-30-17-16-27(34-29)22-6-8-23(9-7-22)32-28(36)20-21-4-12-25(39-3)13-5-21/h4-17,31H,18-20H2,1-3H3,(H,32,36)(H,30,33,34). The molecule has 11 heteroatoms. The first-order valence-electron chi connectivity index (χ1n) is 12.6. The molecule has 0 bridgehead atoms. The molecule has 0 unspecified atom stereocenters. The molecule has 0 saturated carbocycles. The Morgan fingerprint density at radius 3 is 2.23 bits per heavy atom. The molecule has 3 N–H and O–H groups in total. The molecule has 1 heterocycles. The number of nitrogens with zero attached hydrogens (tertiary/aromatic N) is 3. The van der Waals surface area contributed by atoms with Gasteiger partial charge in [-0.15, -0.1) is 0 Å². The number of ether oxygens (including phenoxy) is 1. The quantitative estimate of drug-likeness (QED) is 0.238. The number of carbonyl (C=O) groups excluding carboxylic acids is 1. The first-order valence-corrected chi connectivity index (χ1v) is 14.1. The summed E-state index contributed by atoms with van der Waals surface area (Å²) in [4.78, 5) is 23.4. The zero-order valence-corrected chi connectivity index (χ0v) is 23.4. The zero-order valence-electron chi connectivity index (χ0n) is 22.6. The van der Waals surface area contributed by atoms with E-state index in [1.807, 2.05) is 67.5 Å². The summed E-state index contributed by atoms with van der Waals surface area (Å²) < 4.78 is 32.7. The lowest BCUT2D eigenvalue weighted by atomic mass is 10.1. The summed E-state index contributed by atoms with van der Waals surface area (Å²) >= 11 is 0. The Labute approximate surface area is 234 Å². The maximum atomic E-state index is 12.5. The minimum absolute atomic E-state index is 0.116. The Balaban J connectivity index is 1.35. The van der Waals surface area contributed by atoms with Crippen molar-refractivity contribution in [3.05, 3.63) is 90.6 Å². The normalized spacial score (nSPS) is 11.3. The molecule has 0 atom stereocenters. The second kappa shape index (κ2) is 13.2. The summed E-state index contributed by atoms with van der Waals surface area (Å²) in [6, 6.07) is 23.0. The first-order chi connectivity index (χ1) is 19.2. The third-order valence-corrected chi connectivity index (χ3v) is 7.39. The zero-order chi connectivity index (χ0) is 28.5. The van der Waals surface area contributed by atoms with Crippen molar-refractivity contribution in [2.24, 2.45) is 0 Å². The second-order valence-corrected chi connectivity index (χ2v) is 11.0. The summed E-state index contributed by atoms with van der Waals surface area (Å²) in [7, 11) is 1.78. The van der Waals surface area contributed by atoms with Crippen molar-refractivity contribution in [3.63, 3.8) is 0 Å². The summed E-state index contributed by atoms with van der Waals surface area (Å²) in [6.07, 6.45) is 1.90. The van der Waals surface area contributed by atoms with Gasteiger partial charge in [-0.3, -0.25) is 4.79 Å². The van der Waals surface area contributed by atoms with Crippen molar-refractivity contribution in [1.82, 2.24) is 19.6 Å². The van der Waals surface area contributed by atoms with E-state index in [0.717, 1.165) is 16.9 Å². The third kappa shape index (κ3) is 8.09. The third-order valence-electron chi connectivity index (χ3n) is 5.92. The van der Waals surface area contributed by atoms with Gasteiger partial charge in [0.15, 0.2) is 0 Å². The highest BCUT2D eigenvalue weighted by molar-refractivity contribution is 7.89. The highest BCUT2D eigenvalue weighted by Crippen LogP contribution is 2.22. The molecule has 208 valence electrons. The number of aromatic nitrogens is 2. The topological polar surface area (TPSA) is 126 Å². The number of rotatable bonds is 12. The van der Waals surface area contributed by atoms with E-state index < -0.39 is 10.0 Å². The van der Waals surface area contributed by atoms with E-state index >= 15 is 0 Å². The lowest BCUT2D eigenvalue weighted by molar-refractivity contribution is -0.115. The van der Waals surface area contributed by atoms with Gasteiger partial charge < -0.3 is 20.3 Å². The Morgan fingerprint density at radius 1 is 0.900 bits per heavy atom.